The molecule has 2 aromatic heterocycles. The van der Waals surface area contributed by atoms with E-state index in [0.29, 0.717) is 0 Å². The summed E-state index contributed by atoms with van der Waals surface area (Å²) in [6, 6.07) is 8.46. The van der Waals surface area contributed by atoms with Gasteiger partial charge < -0.3 is 9.80 Å². The monoisotopic (exact) mass is 352 g/mol. The van der Waals surface area contributed by atoms with Crippen LogP contribution in [0.2, 0.25) is 0 Å². The lowest BCUT2D eigenvalue weighted by atomic mass is 10.2. The molecule has 0 N–H and O–H groups in total. The van der Waals surface area contributed by atoms with E-state index in [9.17, 15) is 0 Å². The number of fused-ring (bicyclic) bond motifs is 2. The van der Waals surface area contributed by atoms with Gasteiger partial charge in [-0.25, -0.2) is 19.9 Å². The number of benzene rings is 1. The Morgan fingerprint density at radius 1 is 0.708 bits per heavy atom. The predicted molar refractivity (Wildman–Crippen MR) is 96.2 cm³/mol. The van der Waals surface area contributed by atoms with Gasteiger partial charge in [0.25, 0.3) is 0 Å². The highest BCUT2D eigenvalue weighted by Gasteiger charge is 2.26. The van der Waals surface area contributed by atoms with Crippen molar-refractivity contribution in [2.24, 2.45) is 0 Å². The first-order valence-corrected chi connectivity index (χ1v) is 9.40. The van der Waals surface area contributed by atoms with Crippen molar-refractivity contribution in [3.8, 4) is 0 Å². The molecular formula is C16H12N6S2. The Morgan fingerprint density at radius 3 is 1.75 bits per heavy atom. The topological polar surface area (TPSA) is 58.0 Å². The standard InChI is InChI=1S/C16H12N6S2/c1-2-11(21-9-23-15-13(21)17-4-6-19-15)8-12(3-1)22-10-24-16-14(22)18-5-7-20-16/h1-8H,9-10H2. The molecule has 6 nitrogen and oxygen atoms in total. The zero-order chi connectivity index (χ0) is 15.9. The number of rotatable bonds is 2. The lowest BCUT2D eigenvalue weighted by Crippen LogP contribution is -2.16. The quantitative estimate of drug-likeness (QED) is 0.692. The van der Waals surface area contributed by atoms with Gasteiger partial charge in [-0.1, -0.05) is 29.6 Å². The van der Waals surface area contributed by atoms with Gasteiger partial charge in [0.2, 0.25) is 0 Å². The molecular weight excluding hydrogens is 340 g/mol. The smallest absolute Gasteiger partial charge is 0.166 e. The molecule has 3 aromatic rings. The van der Waals surface area contributed by atoms with Gasteiger partial charge in [0.15, 0.2) is 11.6 Å². The first-order chi connectivity index (χ1) is 11.9. The fraction of sp³-hybridized carbons (Fsp3) is 0.125. The third-order valence-electron chi connectivity index (χ3n) is 3.92. The van der Waals surface area contributed by atoms with E-state index in [1.807, 2.05) is 0 Å². The minimum atomic E-state index is 0.827. The number of hydrogen-bond donors (Lipinski definition) is 0. The summed E-state index contributed by atoms with van der Waals surface area (Å²) in [5, 5.41) is 1.96. The second-order valence-electron chi connectivity index (χ2n) is 5.29. The van der Waals surface area contributed by atoms with Crippen LogP contribution in [0, 0.1) is 0 Å². The van der Waals surface area contributed by atoms with Crippen LogP contribution in [0.25, 0.3) is 0 Å². The van der Waals surface area contributed by atoms with E-state index in [2.05, 4.69) is 54.0 Å². The zero-order valence-corrected chi connectivity index (χ0v) is 14.2. The van der Waals surface area contributed by atoms with Crippen molar-refractivity contribution in [3.05, 3.63) is 49.1 Å². The third-order valence-corrected chi connectivity index (χ3v) is 5.82. The molecule has 118 valence electrons. The van der Waals surface area contributed by atoms with E-state index in [4.69, 9.17) is 0 Å². The highest BCUT2D eigenvalue weighted by Crippen LogP contribution is 2.43. The molecule has 0 saturated heterocycles. The van der Waals surface area contributed by atoms with Crippen LogP contribution < -0.4 is 9.80 Å². The van der Waals surface area contributed by atoms with Gasteiger partial charge in [-0.05, 0) is 18.2 Å². The van der Waals surface area contributed by atoms with Gasteiger partial charge in [-0.3, -0.25) is 0 Å². The number of hydrogen-bond acceptors (Lipinski definition) is 8. The van der Waals surface area contributed by atoms with Crippen molar-refractivity contribution in [2.45, 2.75) is 10.1 Å². The van der Waals surface area contributed by atoms with Crippen LogP contribution in [0.15, 0.2) is 59.1 Å². The fourth-order valence-electron chi connectivity index (χ4n) is 2.81. The SMILES string of the molecule is c1cc(N2CSc3nccnc32)cc(N2CSc3nccnc32)c1. The van der Waals surface area contributed by atoms with Gasteiger partial charge in [-0.2, -0.15) is 0 Å². The van der Waals surface area contributed by atoms with E-state index in [0.717, 1.165) is 44.8 Å². The molecule has 0 fully saturated rings. The Balaban J connectivity index is 1.52. The highest BCUT2D eigenvalue weighted by molar-refractivity contribution is 8.00. The molecule has 0 aliphatic carbocycles. The van der Waals surface area contributed by atoms with Crippen LogP contribution in [0.3, 0.4) is 0 Å². The second kappa shape index (κ2) is 5.64. The predicted octanol–water partition coefficient (Wildman–Crippen LogP) is 3.67. The molecule has 0 radical (unpaired) electrons. The van der Waals surface area contributed by atoms with Crippen molar-refractivity contribution < 1.29 is 0 Å². The molecule has 5 rings (SSSR count). The van der Waals surface area contributed by atoms with E-state index >= 15 is 0 Å². The van der Waals surface area contributed by atoms with Gasteiger partial charge in [-0.15, -0.1) is 0 Å². The summed E-state index contributed by atoms with van der Waals surface area (Å²) < 4.78 is 0. The van der Waals surface area contributed by atoms with Crippen LogP contribution in [-0.2, 0) is 0 Å². The molecule has 0 unspecified atom stereocenters. The maximum atomic E-state index is 4.48. The minimum Gasteiger partial charge on any atom is -0.314 e. The number of anilines is 4. The minimum absolute atomic E-state index is 0.827. The summed E-state index contributed by atoms with van der Waals surface area (Å²) in [5.41, 5.74) is 2.23. The van der Waals surface area contributed by atoms with Crippen LogP contribution in [0.5, 0.6) is 0 Å². The zero-order valence-electron chi connectivity index (χ0n) is 12.5. The maximum absolute atomic E-state index is 4.48. The maximum Gasteiger partial charge on any atom is 0.166 e. The molecule has 0 spiro atoms. The summed E-state index contributed by atoms with van der Waals surface area (Å²) in [7, 11) is 0. The van der Waals surface area contributed by atoms with Crippen molar-refractivity contribution >= 4 is 46.5 Å². The summed E-state index contributed by atoms with van der Waals surface area (Å²) in [6.07, 6.45) is 6.96. The lowest BCUT2D eigenvalue weighted by Gasteiger charge is -2.21. The number of aromatic nitrogens is 4. The molecule has 2 aliphatic heterocycles. The van der Waals surface area contributed by atoms with E-state index < -0.39 is 0 Å². The molecule has 2 aliphatic rings. The molecule has 0 bridgehead atoms. The molecule has 0 saturated carbocycles. The molecule has 0 amide bonds. The first kappa shape index (κ1) is 14.1. The van der Waals surface area contributed by atoms with E-state index in [1.54, 1.807) is 48.3 Å². The Bertz CT molecular complexity index is 848. The van der Waals surface area contributed by atoms with Crippen molar-refractivity contribution in [1.82, 2.24) is 19.9 Å². The fourth-order valence-corrected chi connectivity index (χ4v) is 4.71. The number of nitrogens with zero attached hydrogens (tertiary/aromatic N) is 6. The van der Waals surface area contributed by atoms with Crippen LogP contribution in [0.1, 0.15) is 0 Å². The summed E-state index contributed by atoms with van der Waals surface area (Å²) >= 11 is 3.42. The van der Waals surface area contributed by atoms with Gasteiger partial charge in [0.05, 0.1) is 11.8 Å². The lowest BCUT2D eigenvalue weighted by molar-refractivity contribution is 1.01. The van der Waals surface area contributed by atoms with Crippen LogP contribution in [-0.4, -0.2) is 31.7 Å². The molecule has 4 heterocycles. The molecule has 0 atom stereocenters. The van der Waals surface area contributed by atoms with Gasteiger partial charge in [0.1, 0.15) is 10.1 Å². The van der Waals surface area contributed by atoms with Crippen LogP contribution in [0.4, 0.5) is 23.0 Å². The number of thioether (sulfide) groups is 2. The first-order valence-electron chi connectivity index (χ1n) is 7.43. The Morgan fingerprint density at radius 2 is 1.21 bits per heavy atom. The molecule has 8 heteroatoms. The average Bonchev–Trinajstić information content (AvgIpc) is 3.26. The largest absolute Gasteiger partial charge is 0.314 e. The summed E-state index contributed by atoms with van der Waals surface area (Å²) in [5.74, 6) is 3.51. The van der Waals surface area contributed by atoms with Gasteiger partial charge in [0, 0.05) is 36.2 Å². The second-order valence-corrected chi connectivity index (χ2v) is 7.16. The van der Waals surface area contributed by atoms with Crippen molar-refractivity contribution in [1.29, 1.82) is 0 Å². The highest BCUT2D eigenvalue weighted by atomic mass is 32.2. The summed E-state index contributed by atoms with van der Waals surface area (Å²) in [4.78, 5) is 22.1. The average molecular weight is 352 g/mol. The third kappa shape index (κ3) is 2.22. The van der Waals surface area contributed by atoms with Crippen molar-refractivity contribution in [2.75, 3.05) is 21.6 Å². The summed E-state index contributed by atoms with van der Waals surface area (Å²) in [6.45, 7) is 0. The molecule has 24 heavy (non-hydrogen) atoms. The normalized spacial score (nSPS) is 15.5. The van der Waals surface area contributed by atoms with Crippen LogP contribution >= 0.6 is 23.5 Å². The van der Waals surface area contributed by atoms with E-state index in [-0.39, 0.29) is 0 Å². The van der Waals surface area contributed by atoms with Gasteiger partial charge >= 0.3 is 0 Å². The van der Waals surface area contributed by atoms with Crippen molar-refractivity contribution in [3.63, 3.8) is 0 Å². The molecule has 1 aromatic carbocycles. The van der Waals surface area contributed by atoms with E-state index in [1.165, 1.54) is 0 Å². The Labute approximate surface area is 147 Å². The Hall–Kier alpha value is -2.32. The Kier molecular flexibility index (Phi) is 3.30.